The van der Waals surface area contributed by atoms with Gasteiger partial charge in [0.2, 0.25) is 0 Å². The van der Waals surface area contributed by atoms with Gasteiger partial charge in [0, 0.05) is 19.1 Å². The van der Waals surface area contributed by atoms with Gasteiger partial charge in [-0.25, -0.2) is 4.98 Å². The van der Waals surface area contributed by atoms with E-state index in [4.69, 9.17) is 11.6 Å². The zero-order valence-corrected chi connectivity index (χ0v) is 8.09. The average molecular weight is 195 g/mol. The SMILES string of the molecule is Clc1ccc2c(n1)CN(C1CC1)C2. The Morgan fingerprint density at radius 1 is 1.31 bits per heavy atom. The van der Waals surface area contributed by atoms with E-state index in [1.807, 2.05) is 6.07 Å². The predicted octanol–water partition coefficient (Wildman–Crippen LogP) is 2.21. The third-order valence-electron chi connectivity index (χ3n) is 2.82. The summed E-state index contributed by atoms with van der Waals surface area (Å²) in [5, 5.41) is 0.622. The number of fused-ring (bicyclic) bond motifs is 1. The molecule has 0 radical (unpaired) electrons. The summed E-state index contributed by atoms with van der Waals surface area (Å²) < 4.78 is 0. The summed E-state index contributed by atoms with van der Waals surface area (Å²) in [6.45, 7) is 2.07. The van der Waals surface area contributed by atoms with E-state index in [0.717, 1.165) is 19.1 Å². The van der Waals surface area contributed by atoms with Crippen LogP contribution < -0.4 is 0 Å². The zero-order chi connectivity index (χ0) is 8.84. The molecular formula is C10H11ClN2. The molecule has 3 heteroatoms. The third-order valence-corrected chi connectivity index (χ3v) is 3.03. The number of hydrogen-bond acceptors (Lipinski definition) is 2. The minimum absolute atomic E-state index is 0.622. The number of pyridine rings is 1. The van der Waals surface area contributed by atoms with Gasteiger partial charge in [0.05, 0.1) is 5.69 Å². The lowest BCUT2D eigenvalue weighted by molar-refractivity contribution is 0.272. The Bertz CT molecular complexity index is 347. The highest BCUT2D eigenvalue weighted by molar-refractivity contribution is 6.29. The van der Waals surface area contributed by atoms with Crippen molar-refractivity contribution in [1.29, 1.82) is 0 Å². The van der Waals surface area contributed by atoms with Crippen molar-refractivity contribution in [3.63, 3.8) is 0 Å². The van der Waals surface area contributed by atoms with E-state index in [1.54, 1.807) is 0 Å². The van der Waals surface area contributed by atoms with E-state index < -0.39 is 0 Å². The summed E-state index contributed by atoms with van der Waals surface area (Å²) in [5.41, 5.74) is 2.54. The van der Waals surface area contributed by atoms with Crippen LogP contribution in [0.2, 0.25) is 5.15 Å². The van der Waals surface area contributed by atoms with E-state index in [9.17, 15) is 0 Å². The summed E-state index contributed by atoms with van der Waals surface area (Å²) in [6.07, 6.45) is 2.73. The molecule has 2 heterocycles. The Balaban J connectivity index is 1.90. The lowest BCUT2D eigenvalue weighted by Gasteiger charge is -2.11. The van der Waals surface area contributed by atoms with Crippen molar-refractivity contribution < 1.29 is 0 Å². The largest absolute Gasteiger partial charge is 0.290 e. The maximum atomic E-state index is 5.84. The van der Waals surface area contributed by atoms with Crippen LogP contribution in [-0.2, 0) is 13.1 Å². The maximum Gasteiger partial charge on any atom is 0.129 e. The first-order valence-electron chi connectivity index (χ1n) is 4.71. The molecule has 1 aromatic heterocycles. The first-order chi connectivity index (χ1) is 6.33. The van der Waals surface area contributed by atoms with Crippen molar-refractivity contribution in [2.24, 2.45) is 0 Å². The Hall–Kier alpha value is -0.600. The number of nitrogens with zero attached hydrogens (tertiary/aromatic N) is 2. The van der Waals surface area contributed by atoms with E-state index in [0.29, 0.717) is 5.15 Å². The Labute approximate surface area is 82.5 Å². The summed E-state index contributed by atoms with van der Waals surface area (Å²) in [7, 11) is 0. The molecule has 2 aliphatic rings. The van der Waals surface area contributed by atoms with Crippen molar-refractivity contribution >= 4 is 11.6 Å². The van der Waals surface area contributed by atoms with Gasteiger partial charge in [0.1, 0.15) is 5.15 Å². The fraction of sp³-hybridized carbons (Fsp3) is 0.500. The average Bonchev–Trinajstić information content (AvgIpc) is 2.87. The van der Waals surface area contributed by atoms with Gasteiger partial charge >= 0.3 is 0 Å². The van der Waals surface area contributed by atoms with Crippen LogP contribution in [0.15, 0.2) is 12.1 Å². The van der Waals surface area contributed by atoms with Crippen molar-refractivity contribution in [2.45, 2.75) is 32.0 Å². The van der Waals surface area contributed by atoms with Gasteiger partial charge in [-0.1, -0.05) is 17.7 Å². The molecule has 0 saturated heterocycles. The first kappa shape index (κ1) is 7.77. The van der Waals surface area contributed by atoms with Gasteiger partial charge in [0.25, 0.3) is 0 Å². The molecule has 13 heavy (non-hydrogen) atoms. The van der Waals surface area contributed by atoms with E-state index in [1.165, 1.54) is 24.1 Å². The van der Waals surface area contributed by atoms with Gasteiger partial charge in [-0.3, -0.25) is 4.90 Å². The molecule has 0 atom stereocenters. The Morgan fingerprint density at radius 3 is 2.92 bits per heavy atom. The normalized spacial score (nSPS) is 21.9. The molecule has 1 saturated carbocycles. The van der Waals surface area contributed by atoms with Gasteiger partial charge in [-0.05, 0) is 24.5 Å². The zero-order valence-electron chi connectivity index (χ0n) is 7.33. The highest BCUT2D eigenvalue weighted by Gasteiger charge is 2.33. The second-order valence-corrected chi connectivity index (χ2v) is 4.26. The standard InChI is InChI=1S/C10H11ClN2/c11-10-4-1-7-5-13(8-2-3-8)6-9(7)12-10/h1,4,8H,2-3,5-6H2. The number of rotatable bonds is 1. The van der Waals surface area contributed by atoms with Crippen molar-refractivity contribution in [2.75, 3.05) is 0 Å². The summed E-state index contributed by atoms with van der Waals surface area (Å²) >= 11 is 5.84. The van der Waals surface area contributed by atoms with Crippen LogP contribution in [-0.4, -0.2) is 15.9 Å². The predicted molar refractivity (Wildman–Crippen MR) is 51.5 cm³/mol. The van der Waals surface area contributed by atoms with Gasteiger partial charge in [0.15, 0.2) is 0 Å². The van der Waals surface area contributed by atoms with Crippen LogP contribution in [0.5, 0.6) is 0 Å². The Kier molecular flexibility index (Phi) is 1.61. The van der Waals surface area contributed by atoms with Crippen LogP contribution in [0.25, 0.3) is 0 Å². The van der Waals surface area contributed by atoms with Crippen LogP contribution >= 0.6 is 11.6 Å². The monoisotopic (exact) mass is 194 g/mol. The molecule has 3 rings (SSSR count). The second kappa shape index (κ2) is 2.69. The minimum atomic E-state index is 0.622. The number of halogens is 1. The highest BCUT2D eigenvalue weighted by Crippen LogP contribution is 2.34. The van der Waals surface area contributed by atoms with E-state index >= 15 is 0 Å². The molecule has 68 valence electrons. The van der Waals surface area contributed by atoms with Crippen molar-refractivity contribution in [3.8, 4) is 0 Å². The lowest BCUT2D eigenvalue weighted by atomic mass is 10.2. The maximum absolute atomic E-state index is 5.84. The smallest absolute Gasteiger partial charge is 0.129 e. The summed E-state index contributed by atoms with van der Waals surface area (Å²) in [6, 6.07) is 4.82. The van der Waals surface area contributed by atoms with Gasteiger partial charge < -0.3 is 0 Å². The molecule has 0 amide bonds. The van der Waals surface area contributed by atoms with Crippen LogP contribution in [0.1, 0.15) is 24.1 Å². The summed E-state index contributed by atoms with van der Waals surface area (Å²) in [5.74, 6) is 0. The third kappa shape index (κ3) is 1.34. The molecular weight excluding hydrogens is 184 g/mol. The molecule has 1 aromatic rings. The van der Waals surface area contributed by atoms with E-state index in [2.05, 4.69) is 16.0 Å². The fourth-order valence-electron chi connectivity index (χ4n) is 1.95. The molecule has 0 aromatic carbocycles. The lowest BCUT2D eigenvalue weighted by Crippen LogP contribution is -2.18. The number of aromatic nitrogens is 1. The van der Waals surface area contributed by atoms with Crippen molar-refractivity contribution in [3.05, 3.63) is 28.5 Å². The molecule has 1 fully saturated rings. The Morgan fingerprint density at radius 2 is 2.15 bits per heavy atom. The topological polar surface area (TPSA) is 16.1 Å². The minimum Gasteiger partial charge on any atom is -0.290 e. The van der Waals surface area contributed by atoms with Crippen molar-refractivity contribution in [1.82, 2.24) is 9.88 Å². The molecule has 2 nitrogen and oxygen atoms in total. The summed E-state index contributed by atoms with van der Waals surface area (Å²) in [4.78, 5) is 6.83. The molecule has 0 bridgehead atoms. The molecule has 1 aliphatic carbocycles. The number of hydrogen-bond donors (Lipinski definition) is 0. The molecule has 0 spiro atoms. The van der Waals surface area contributed by atoms with Crippen LogP contribution in [0.4, 0.5) is 0 Å². The second-order valence-electron chi connectivity index (χ2n) is 3.88. The molecule has 1 aliphatic heterocycles. The first-order valence-corrected chi connectivity index (χ1v) is 5.09. The quantitative estimate of drug-likeness (QED) is 0.638. The molecule has 0 N–H and O–H groups in total. The van der Waals surface area contributed by atoms with E-state index in [-0.39, 0.29) is 0 Å². The fourth-order valence-corrected chi connectivity index (χ4v) is 2.11. The van der Waals surface area contributed by atoms with Crippen LogP contribution in [0.3, 0.4) is 0 Å². The van der Waals surface area contributed by atoms with Gasteiger partial charge in [-0.2, -0.15) is 0 Å². The van der Waals surface area contributed by atoms with Crippen LogP contribution in [0, 0.1) is 0 Å². The highest BCUT2D eigenvalue weighted by atomic mass is 35.5. The molecule has 0 unspecified atom stereocenters. The van der Waals surface area contributed by atoms with Gasteiger partial charge in [-0.15, -0.1) is 0 Å².